The minimum absolute atomic E-state index is 0.0497. The van der Waals surface area contributed by atoms with E-state index in [0.29, 0.717) is 43.8 Å². The van der Waals surface area contributed by atoms with E-state index >= 15 is 0 Å². The van der Waals surface area contributed by atoms with Gasteiger partial charge in [0.2, 0.25) is 5.91 Å². The van der Waals surface area contributed by atoms with Gasteiger partial charge in [0.1, 0.15) is 0 Å². The molecule has 1 aromatic rings. The number of hydrogen-bond donors (Lipinski definition) is 1. The molecule has 7 nitrogen and oxygen atoms in total. The molecular formula is C21H26N2O5. The first-order valence-corrected chi connectivity index (χ1v) is 9.38. The predicted molar refractivity (Wildman–Crippen MR) is 105 cm³/mol. The van der Waals surface area contributed by atoms with E-state index in [9.17, 15) is 19.2 Å². The number of anilines is 1. The van der Waals surface area contributed by atoms with Crippen molar-refractivity contribution in [1.29, 1.82) is 0 Å². The highest BCUT2D eigenvalue weighted by Gasteiger charge is 2.27. The highest BCUT2D eigenvalue weighted by Crippen LogP contribution is 2.19. The summed E-state index contributed by atoms with van der Waals surface area (Å²) in [4.78, 5) is 49.4. The van der Waals surface area contributed by atoms with E-state index in [0.717, 1.165) is 0 Å². The zero-order valence-electron chi connectivity index (χ0n) is 16.5. The van der Waals surface area contributed by atoms with Gasteiger partial charge in [0, 0.05) is 36.0 Å². The quantitative estimate of drug-likeness (QED) is 0.461. The first kappa shape index (κ1) is 21.3. The van der Waals surface area contributed by atoms with Crippen molar-refractivity contribution in [2.24, 2.45) is 5.92 Å². The predicted octanol–water partition coefficient (Wildman–Crippen LogP) is 2.58. The summed E-state index contributed by atoms with van der Waals surface area (Å²) in [6.45, 7) is 6.09. The number of esters is 1. The maximum absolute atomic E-state index is 12.4. The minimum Gasteiger partial charge on any atom is -0.466 e. The second-order valence-corrected chi connectivity index (χ2v) is 6.77. The van der Waals surface area contributed by atoms with Gasteiger partial charge in [-0.3, -0.25) is 19.2 Å². The Hall–Kier alpha value is -2.96. The fraction of sp³-hybridized carbons (Fsp3) is 0.429. The fourth-order valence-electron chi connectivity index (χ4n) is 2.96. The number of carbonyl (C=O) groups is 4. The Morgan fingerprint density at radius 1 is 1.11 bits per heavy atom. The van der Waals surface area contributed by atoms with Crippen LogP contribution < -0.4 is 5.32 Å². The second-order valence-electron chi connectivity index (χ2n) is 6.77. The molecule has 28 heavy (non-hydrogen) atoms. The SMILES string of the molecule is CCOC(=O)C1CCN(C(=O)/C=C(/C)C(=O)Nc2ccc(C(C)=O)cc2)CC1. The molecule has 1 saturated heterocycles. The molecule has 1 N–H and O–H groups in total. The summed E-state index contributed by atoms with van der Waals surface area (Å²) >= 11 is 0. The van der Waals surface area contributed by atoms with Gasteiger partial charge in [-0.15, -0.1) is 0 Å². The van der Waals surface area contributed by atoms with Crippen LogP contribution in [0.1, 0.15) is 44.0 Å². The van der Waals surface area contributed by atoms with Crippen LogP contribution in [0.15, 0.2) is 35.9 Å². The standard InChI is InChI=1S/C21H26N2O5/c1-4-28-21(27)17-9-11-23(12-10-17)19(25)13-14(2)20(26)22-18-7-5-16(6-8-18)15(3)24/h5-8,13,17H,4,9-12H2,1-3H3,(H,22,26)/b14-13-. The maximum atomic E-state index is 12.4. The Morgan fingerprint density at radius 3 is 2.25 bits per heavy atom. The van der Waals surface area contributed by atoms with Gasteiger partial charge >= 0.3 is 5.97 Å². The van der Waals surface area contributed by atoms with Gasteiger partial charge in [-0.25, -0.2) is 0 Å². The van der Waals surface area contributed by atoms with Crippen LogP contribution in [-0.4, -0.2) is 48.2 Å². The molecule has 1 fully saturated rings. The Labute approximate surface area is 164 Å². The summed E-state index contributed by atoms with van der Waals surface area (Å²) in [5.41, 5.74) is 1.39. The van der Waals surface area contributed by atoms with E-state index in [1.165, 1.54) is 13.0 Å². The second kappa shape index (κ2) is 9.82. The number of nitrogens with one attached hydrogen (secondary N) is 1. The third-order valence-electron chi connectivity index (χ3n) is 4.67. The lowest BCUT2D eigenvalue weighted by molar-refractivity contribution is -0.150. The Morgan fingerprint density at radius 2 is 1.71 bits per heavy atom. The van der Waals surface area contributed by atoms with Crippen LogP contribution >= 0.6 is 0 Å². The summed E-state index contributed by atoms with van der Waals surface area (Å²) in [6.07, 6.45) is 2.43. The molecule has 0 aliphatic carbocycles. The van der Waals surface area contributed by atoms with E-state index < -0.39 is 0 Å². The zero-order chi connectivity index (χ0) is 20.7. The van der Waals surface area contributed by atoms with Gasteiger partial charge in [0.15, 0.2) is 5.78 Å². The third kappa shape index (κ3) is 5.77. The number of ketones is 1. The molecule has 2 amide bonds. The van der Waals surface area contributed by atoms with E-state index in [4.69, 9.17) is 4.74 Å². The molecule has 0 atom stereocenters. The number of nitrogens with zero attached hydrogens (tertiary/aromatic N) is 1. The third-order valence-corrected chi connectivity index (χ3v) is 4.67. The summed E-state index contributed by atoms with van der Waals surface area (Å²) in [5, 5.41) is 2.70. The van der Waals surface area contributed by atoms with Gasteiger partial charge in [-0.05, 0) is 57.9 Å². The Kier molecular flexibility index (Phi) is 7.49. The largest absolute Gasteiger partial charge is 0.466 e. The molecule has 1 aromatic carbocycles. The lowest BCUT2D eigenvalue weighted by Crippen LogP contribution is -2.40. The van der Waals surface area contributed by atoms with E-state index in [2.05, 4.69) is 5.32 Å². The first-order chi connectivity index (χ1) is 13.3. The van der Waals surface area contributed by atoms with E-state index in [-0.39, 0.29) is 35.1 Å². The number of rotatable bonds is 6. The minimum atomic E-state index is -0.384. The molecule has 0 radical (unpaired) electrons. The van der Waals surface area contributed by atoms with Crippen molar-refractivity contribution in [3.05, 3.63) is 41.5 Å². The summed E-state index contributed by atoms with van der Waals surface area (Å²) in [6, 6.07) is 6.56. The molecule has 1 aliphatic heterocycles. The van der Waals surface area contributed by atoms with Gasteiger partial charge in [0.25, 0.3) is 5.91 Å². The number of piperidine rings is 1. The van der Waals surface area contributed by atoms with E-state index in [1.54, 1.807) is 43.0 Å². The van der Waals surface area contributed by atoms with Crippen LogP contribution in [0.3, 0.4) is 0 Å². The molecular weight excluding hydrogens is 360 g/mol. The number of amides is 2. The summed E-state index contributed by atoms with van der Waals surface area (Å²) in [5.74, 6) is -1.06. The molecule has 0 unspecified atom stereocenters. The average Bonchev–Trinajstić information content (AvgIpc) is 2.68. The van der Waals surface area contributed by atoms with Gasteiger partial charge in [-0.1, -0.05) is 0 Å². The van der Waals surface area contributed by atoms with Crippen molar-refractivity contribution in [3.63, 3.8) is 0 Å². The number of carbonyl (C=O) groups excluding carboxylic acids is 4. The smallest absolute Gasteiger partial charge is 0.309 e. The monoisotopic (exact) mass is 386 g/mol. The van der Waals surface area contributed by atoms with Crippen LogP contribution in [0.4, 0.5) is 5.69 Å². The van der Waals surface area contributed by atoms with Crippen molar-refractivity contribution in [2.75, 3.05) is 25.0 Å². The molecule has 1 heterocycles. The van der Waals surface area contributed by atoms with Crippen LogP contribution in [0.5, 0.6) is 0 Å². The number of likely N-dealkylation sites (tertiary alicyclic amines) is 1. The normalized spacial score (nSPS) is 15.1. The summed E-state index contributed by atoms with van der Waals surface area (Å²) in [7, 11) is 0. The number of ether oxygens (including phenoxy) is 1. The maximum Gasteiger partial charge on any atom is 0.309 e. The van der Waals surface area contributed by atoms with Crippen LogP contribution in [0.2, 0.25) is 0 Å². The van der Waals surface area contributed by atoms with Crippen molar-refractivity contribution < 1.29 is 23.9 Å². The van der Waals surface area contributed by atoms with Crippen molar-refractivity contribution in [3.8, 4) is 0 Å². The van der Waals surface area contributed by atoms with Gasteiger partial charge in [0.05, 0.1) is 12.5 Å². The summed E-state index contributed by atoms with van der Waals surface area (Å²) < 4.78 is 5.02. The first-order valence-electron chi connectivity index (χ1n) is 9.38. The molecule has 150 valence electrons. The molecule has 0 aromatic heterocycles. The van der Waals surface area contributed by atoms with Crippen LogP contribution in [0, 0.1) is 5.92 Å². The van der Waals surface area contributed by atoms with Gasteiger partial charge < -0.3 is 15.0 Å². The van der Waals surface area contributed by atoms with Crippen LogP contribution in [-0.2, 0) is 19.1 Å². The highest BCUT2D eigenvalue weighted by atomic mass is 16.5. The Balaban J connectivity index is 1.89. The molecule has 1 aliphatic rings. The Bertz CT molecular complexity index is 774. The number of Topliss-reactive ketones (excluding diaryl/α,β-unsaturated/α-hetero) is 1. The fourth-order valence-corrected chi connectivity index (χ4v) is 2.96. The number of benzene rings is 1. The van der Waals surface area contributed by atoms with Crippen LogP contribution in [0.25, 0.3) is 0 Å². The highest BCUT2D eigenvalue weighted by molar-refractivity contribution is 6.07. The van der Waals surface area contributed by atoms with E-state index in [1.807, 2.05) is 0 Å². The van der Waals surface area contributed by atoms with Gasteiger partial charge in [-0.2, -0.15) is 0 Å². The zero-order valence-corrected chi connectivity index (χ0v) is 16.5. The van der Waals surface area contributed by atoms with Crippen molar-refractivity contribution in [1.82, 2.24) is 4.90 Å². The molecule has 2 rings (SSSR count). The molecule has 0 spiro atoms. The topological polar surface area (TPSA) is 92.8 Å². The number of hydrogen-bond acceptors (Lipinski definition) is 5. The van der Waals surface area contributed by atoms with Crippen molar-refractivity contribution >= 4 is 29.3 Å². The molecule has 0 saturated carbocycles. The average molecular weight is 386 g/mol. The molecule has 0 bridgehead atoms. The van der Waals surface area contributed by atoms with Crippen molar-refractivity contribution in [2.45, 2.75) is 33.6 Å². The lowest BCUT2D eigenvalue weighted by Gasteiger charge is -2.30. The molecule has 7 heteroatoms. The lowest BCUT2D eigenvalue weighted by atomic mass is 9.97.